The normalized spacial score (nSPS) is 11.1. The fourth-order valence-electron chi connectivity index (χ4n) is 3.14. The summed E-state index contributed by atoms with van der Waals surface area (Å²) in [6, 6.07) is 8.69. The standard InChI is InChI=1S/C25H35N5O3.C2H6/c1-4-7-19(5-2)8-6-12-27-18-30(3)24-10-9-20(16-22(24)26)33-21-11-13-28-23(17-21)25(32)29-14-15-31;1-2/h6-11,13,16-17,27,31H,4-5,12,14-15,18,26H2,1-3H3,(H,29,32);1-2H3/b8-6-,19-7-;. The SMILES string of the molecule is CC.CC/C=C(\C=C/CNCN(C)c1ccc(Oc2ccnc(C(=O)NCCO)c2)cc1N)CC. The Kier molecular flexibility index (Phi) is 14.5. The Morgan fingerprint density at radius 3 is 2.60 bits per heavy atom. The lowest BCUT2D eigenvalue weighted by atomic mass is 10.1. The number of allylic oxidation sites excluding steroid dienone is 3. The number of hydrogen-bond acceptors (Lipinski definition) is 7. The maximum atomic E-state index is 12.0. The average Bonchev–Trinajstić information content (AvgIpc) is 2.87. The lowest BCUT2D eigenvalue weighted by Crippen LogP contribution is -2.31. The van der Waals surface area contributed by atoms with Gasteiger partial charge in [-0.15, -0.1) is 0 Å². The Balaban J connectivity index is 0.00000298. The molecule has 0 spiro atoms. The third kappa shape index (κ3) is 10.6. The summed E-state index contributed by atoms with van der Waals surface area (Å²) in [6.45, 7) is 9.74. The number of nitrogens with two attached hydrogens (primary N) is 1. The summed E-state index contributed by atoms with van der Waals surface area (Å²) in [7, 11) is 1.97. The van der Waals surface area contributed by atoms with E-state index in [0.29, 0.717) is 23.9 Å². The van der Waals surface area contributed by atoms with Crippen LogP contribution in [0.4, 0.5) is 11.4 Å². The van der Waals surface area contributed by atoms with E-state index in [4.69, 9.17) is 15.6 Å². The van der Waals surface area contributed by atoms with E-state index >= 15 is 0 Å². The van der Waals surface area contributed by atoms with Gasteiger partial charge in [-0.2, -0.15) is 0 Å². The van der Waals surface area contributed by atoms with Gasteiger partial charge >= 0.3 is 0 Å². The molecule has 5 N–H and O–H groups in total. The number of nitrogens with one attached hydrogen (secondary N) is 2. The van der Waals surface area contributed by atoms with Crippen LogP contribution in [0.25, 0.3) is 0 Å². The molecule has 0 saturated carbocycles. The minimum atomic E-state index is -0.374. The number of pyridine rings is 1. The summed E-state index contributed by atoms with van der Waals surface area (Å²) in [4.78, 5) is 18.1. The van der Waals surface area contributed by atoms with Crippen molar-refractivity contribution >= 4 is 17.3 Å². The predicted octanol–water partition coefficient (Wildman–Crippen LogP) is 4.49. The molecule has 35 heavy (non-hydrogen) atoms. The Hall–Kier alpha value is -3.36. The molecule has 8 heteroatoms. The van der Waals surface area contributed by atoms with Gasteiger partial charge in [-0.25, -0.2) is 0 Å². The van der Waals surface area contributed by atoms with Crippen LogP contribution in [0.2, 0.25) is 0 Å². The second-order valence-electron chi connectivity index (χ2n) is 7.43. The number of ether oxygens (including phenoxy) is 1. The lowest BCUT2D eigenvalue weighted by molar-refractivity contribution is 0.0939. The number of benzene rings is 1. The predicted molar refractivity (Wildman–Crippen MR) is 145 cm³/mol. The van der Waals surface area contributed by atoms with Crippen molar-refractivity contribution in [1.82, 2.24) is 15.6 Å². The minimum Gasteiger partial charge on any atom is -0.457 e. The van der Waals surface area contributed by atoms with Crippen molar-refractivity contribution in [3.63, 3.8) is 0 Å². The molecule has 1 aromatic carbocycles. The van der Waals surface area contributed by atoms with Crippen LogP contribution in [0.3, 0.4) is 0 Å². The van der Waals surface area contributed by atoms with E-state index < -0.39 is 0 Å². The maximum absolute atomic E-state index is 12.0. The number of carbonyl (C=O) groups is 1. The minimum absolute atomic E-state index is 0.135. The molecule has 0 aliphatic carbocycles. The van der Waals surface area contributed by atoms with Crippen molar-refractivity contribution in [3.05, 3.63) is 66.0 Å². The molecule has 2 aromatic rings. The van der Waals surface area contributed by atoms with E-state index in [1.54, 1.807) is 18.2 Å². The van der Waals surface area contributed by atoms with Crippen LogP contribution in [0.1, 0.15) is 51.0 Å². The highest BCUT2D eigenvalue weighted by atomic mass is 16.5. The van der Waals surface area contributed by atoms with Crippen LogP contribution in [0.5, 0.6) is 11.5 Å². The number of nitrogens with zero attached hydrogens (tertiary/aromatic N) is 2. The van der Waals surface area contributed by atoms with E-state index in [1.807, 2.05) is 37.9 Å². The number of rotatable bonds is 13. The quantitative estimate of drug-likeness (QED) is 0.144. The molecule has 0 saturated heterocycles. The highest BCUT2D eigenvalue weighted by Gasteiger charge is 2.10. The average molecular weight is 484 g/mol. The molecule has 2 rings (SSSR count). The van der Waals surface area contributed by atoms with E-state index in [-0.39, 0.29) is 24.8 Å². The Bertz CT molecular complexity index is 960. The molecular formula is C27H41N5O3. The van der Waals surface area contributed by atoms with E-state index in [0.717, 1.165) is 25.1 Å². The topological polar surface area (TPSA) is 113 Å². The number of carbonyl (C=O) groups excluding carboxylic acids is 1. The first-order chi connectivity index (χ1) is 17.0. The second-order valence-corrected chi connectivity index (χ2v) is 7.43. The van der Waals surface area contributed by atoms with Gasteiger partial charge in [0.1, 0.15) is 17.2 Å². The van der Waals surface area contributed by atoms with Crippen molar-refractivity contribution in [1.29, 1.82) is 0 Å². The molecule has 192 valence electrons. The maximum Gasteiger partial charge on any atom is 0.270 e. The third-order valence-electron chi connectivity index (χ3n) is 4.82. The van der Waals surface area contributed by atoms with Crippen LogP contribution < -0.4 is 26.0 Å². The Morgan fingerprint density at radius 2 is 1.94 bits per heavy atom. The summed E-state index contributed by atoms with van der Waals surface area (Å²) in [5, 5.41) is 14.8. The van der Waals surface area contributed by atoms with Gasteiger partial charge < -0.3 is 25.8 Å². The zero-order valence-electron chi connectivity index (χ0n) is 21.7. The van der Waals surface area contributed by atoms with Crippen LogP contribution in [0.15, 0.2) is 60.3 Å². The Labute approximate surface area is 209 Å². The fraction of sp³-hybridized carbons (Fsp3) is 0.407. The molecule has 0 aliphatic rings. The molecule has 1 heterocycles. The van der Waals surface area contributed by atoms with Crippen molar-refractivity contribution in [3.8, 4) is 11.5 Å². The molecule has 1 amide bonds. The number of anilines is 2. The van der Waals surface area contributed by atoms with Gasteiger partial charge in [0.2, 0.25) is 0 Å². The van der Waals surface area contributed by atoms with Crippen LogP contribution >= 0.6 is 0 Å². The summed E-state index contributed by atoms with van der Waals surface area (Å²) in [5.74, 6) is 0.653. The van der Waals surface area contributed by atoms with Crippen LogP contribution in [-0.2, 0) is 0 Å². The summed E-state index contributed by atoms with van der Waals surface area (Å²) < 4.78 is 5.86. The van der Waals surface area contributed by atoms with Crippen molar-refractivity contribution in [2.45, 2.75) is 40.5 Å². The summed E-state index contributed by atoms with van der Waals surface area (Å²) in [5.41, 5.74) is 9.29. The number of nitrogen functional groups attached to an aromatic ring is 1. The zero-order valence-corrected chi connectivity index (χ0v) is 21.7. The summed E-state index contributed by atoms with van der Waals surface area (Å²) in [6.07, 6.45) is 10.1. The molecule has 0 radical (unpaired) electrons. The number of aliphatic hydroxyl groups is 1. The molecule has 0 unspecified atom stereocenters. The fourth-order valence-corrected chi connectivity index (χ4v) is 3.14. The molecule has 0 atom stereocenters. The van der Waals surface area contributed by atoms with Crippen LogP contribution in [0, 0.1) is 0 Å². The van der Waals surface area contributed by atoms with Gasteiger partial charge in [0.25, 0.3) is 5.91 Å². The second kappa shape index (κ2) is 17.1. The third-order valence-corrected chi connectivity index (χ3v) is 4.82. The monoisotopic (exact) mass is 483 g/mol. The van der Waals surface area contributed by atoms with E-state index in [9.17, 15) is 4.79 Å². The van der Waals surface area contributed by atoms with Gasteiger partial charge in [0.15, 0.2) is 0 Å². The van der Waals surface area contributed by atoms with E-state index in [1.165, 1.54) is 11.8 Å². The van der Waals surface area contributed by atoms with Crippen molar-refractivity contribution in [2.75, 3.05) is 44.0 Å². The van der Waals surface area contributed by atoms with Gasteiger partial charge in [-0.1, -0.05) is 51.5 Å². The van der Waals surface area contributed by atoms with Gasteiger partial charge in [-0.3, -0.25) is 15.1 Å². The first kappa shape index (κ1) is 29.7. The molecule has 0 fully saturated rings. The number of aromatic nitrogens is 1. The molecule has 0 bridgehead atoms. The van der Waals surface area contributed by atoms with E-state index in [2.05, 4.69) is 47.7 Å². The number of amides is 1. The zero-order chi connectivity index (χ0) is 26.1. The first-order valence-corrected chi connectivity index (χ1v) is 12.2. The van der Waals surface area contributed by atoms with Gasteiger partial charge in [0.05, 0.1) is 24.7 Å². The van der Waals surface area contributed by atoms with Crippen molar-refractivity contribution < 1.29 is 14.6 Å². The molecule has 1 aromatic heterocycles. The van der Waals surface area contributed by atoms with Gasteiger partial charge in [-0.05, 0) is 31.0 Å². The lowest BCUT2D eigenvalue weighted by Gasteiger charge is -2.22. The molecular weight excluding hydrogens is 442 g/mol. The Morgan fingerprint density at radius 1 is 1.20 bits per heavy atom. The largest absolute Gasteiger partial charge is 0.457 e. The van der Waals surface area contributed by atoms with Crippen LogP contribution in [-0.4, -0.2) is 49.4 Å². The highest BCUT2D eigenvalue weighted by molar-refractivity contribution is 5.92. The number of aliphatic hydroxyl groups excluding tert-OH is 1. The van der Waals surface area contributed by atoms with Crippen molar-refractivity contribution in [2.24, 2.45) is 0 Å². The molecule has 0 aliphatic heterocycles. The smallest absolute Gasteiger partial charge is 0.270 e. The van der Waals surface area contributed by atoms with Gasteiger partial charge in [0, 0.05) is 38.5 Å². The summed E-state index contributed by atoms with van der Waals surface area (Å²) >= 11 is 0. The first-order valence-electron chi connectivity index (χ1n) is 12.2. The molecule has 8 nitrogen and oxygen atoms in total. The highest BCUT2D eigenvalue weighted by Crippen LogP contribution is 2.29. The number of hydrogen-bond donors (Lipinski definition) is 4.